The van der Waals surface area contributed by atoms with Gasteiger partial charge in [0.2, 0.25) is 5.91 Å². The molecule has 0 atom stereocenters. The number of hydrogen-bond acceptors (Lipinski definition) is 3. The maximum Gasteiger partial charge on any atom is 0.244 e. The minimum Gasteiger partial charge on any atom is -0.497 e. The van der Waals surface area contributed by atoms with Gasteiger partial charge >= 0.3 is 0 Å². The number of carbonyl (C=O) groups is 1. The van der Waals surface area contributed by atoms with Gasteiger partial charge in [0, 0.05) is 18.8 Å². The molecule has 122 valence electrons. The molecule has 5 nitrogen and oxygen atoms in total. The average molecular weight is 342 g/mol. The number of halogens is 1. The molecule has 1 N–H and O–H groups in total. The highest BCUT2D eigenvalue weighted by atomic mass is 35.5. The van der Waals surface area contributed by atoms with Crippen LogP contribution in [0.25, 0.3) is 11.7 Å². The molecule has 1 aromatic carbocycles. The predicted octanol–water partition coefficient (Wildman–Crippen LogP) is 3.33. The second-order valence-corrected chi connectivity index (χ2v) is 5.47. The van der Waals surface area contributed by atoms with E-state index in [1.54, 1.807) is 13.2 Å². The maximum atomic E-state index is 12.0. The molecule has 0 aliphatic rings. The lowest BCUT2D eigenvalue weighted by molar-refractivity contribution is -0.116. The Hall–Kier alpha value is -2.79. The first kappa shape index (κ1) is 16.1. The first-order valence-corrected chi connectivity index (χ1v) is 7.76. The van der Waals surface area contributed by atoms with Crippen LogP contribution in [0.3, 0.4) is 0 Å². The third-order valence-electron chi connectivity index (χ3n) is 3.54. The number of rotatable bonds is 5. The molecule has 3 rings (SSSR count). The number of nitrogens with zero attached hydrogens (tertiary/aromatic N) is 2. The normalized spacial score (nSPS) is 11.1. The van der Waals surface area contributed by atoms with E-state index in [9.17, 15) is 4.79 Å². The zero-order valence-electron chi connectivity index (χ0n) is 13.1. The molecule has 1 amide bonds. The number of nitrogens with one attached hydrogen (secondary N) is 1. The predicted molar refractivity (Wildman–Crippen MR) is 94.1 cm³/mol. The summed E-state index contributed by atoms with van der Waals surface area (Å²) in [6.45, 7) is 0.439. The highest BCUT2D eigenvalue weighted by Gasteiger charge is 2.07. The molecule has 6 heteroatoms. The second kappa shape index (κ2) is 7.19. The van der Waals surface area contributed by atoms with Gasteiger partial charge < -0.3 is 10.1 Å². The van der Waals surface area contributed by atoms with Crippen LogP contribution in [-0.2, 0) is 11.3 Å². The van der Waals surface area contributed by atoms with Gasteiger partial charge in [-0.3, -0.25) is 9.20 Å². The topological polar surface area (TPSA) is 55.6 Å². The Morgan fingerprint density at radius 3 is 2.83 bits per heavy atom. The first-order valence-electron chi connectivity index (χ1n) is 7.39. The molecule has 24 heavy (non-hydrogen) atoms. The van der Waals surface area contributed by atoms with Crippen LogP contribution in [-0.4, -0.2) is 22.4 Å². The molecule has 0 fully saturated rings. The summed E-state index contributed by atoms with van der Waals surface area (Å²) in [4.78, 5) is 16.2. The van der Waals surface area contributed by atoms with Crippen LogP contribution in [0, 0.1) is 0 Å². The molecule has 2 heterocycles. The molecular weight excluding hydrogens is 326 g/mol. The summed E-state index contributed by atoms with van der Waals surface area (Å²) in [5, 5.41) is 3.19. The van der Waals surface area contributed by atoms with Crippen molar-refractivity contribution in [1.82, 2.24) is 14.7 Å². The molecule has 0 radical (unpaired) electrons. The highest BCUT2D eigenvalue weighted by Crippen LogP contribution is 2.18. The van der Waals surface area contributed by atoms with Crippen molar-refractivity contribution in [3.63, 3.8) is 0 Å². The quantitative estimate of drug-likeness (QED) is 0.724. The second-order valence-electron chi connectivity index (χ2n) is 5.12. The lowest BCUT2D eigenvalue weighted by Gasteiger charge is -2.04. The molecule has 3 aromatic rings. The van der Waals surface area contributed by atoms with Crippen LogP contribution < -0.4 is 10.1 Å². The van der Waals surface area contributed by atoms with E-state index in [4.69, 9.17) is 16.3 Å². The number of pyridine rings is 1. The Morgan fingerprint density at radius 1 is 1.29 bits per heavy atom. The van der Waals surface area contributed by atoms with Crippen LogP contribution in [0.5, 0.6) is 5.75 Å². The monoisotopic (exact) mass is 341 g/mol. The molecule has 0 unspecified atom stereocenters. The van der Waals surface area contributed by atoms with Gasteiger partial charge in [0.1, 0.15) is 11.4 Å². The summed E-state index contributed by atoms with van der Waals surface area (Å²) >= 11 is 6.13. The van der Waals surface area contributed by atoms with Crippen molar-refractivity contribution in [3.05, 3.63) is 71.1 Å². The third-order valence-corrected chi connectivity index (χ3v) is 3.82. The Bertz CT molecular complexity index is 885. The van der Waals surface area contributed by atoms with Gasteiger partial charge in [0.25, 0.3) is 0 Å². The third kappa shape index (κ3) is 3.58. The number of hydrogen-bond donors (Lipinski definition) is 1. The summed E-state index contributed by atoms with van der Waals surface area (Å²) in [7, 11) is 1.62. The van der Waals surface area contributed by atoms with Crippen molar-refractivity contribution in [2.24, 2.45) is 0 Å². The Kier molecular flexibility index (Phi) is 4.82. The fourth-order valence-corrected chi connectivity index (χ4v) is 2.52. The van der Waals surface area contributed by atoms with Crippen LogP contribution in [0.15, 0.2) is 54.7 Å². The van der Waals surface area contributed by atoms with Crippen LogP contribution in [0.4, 0.5) is 0 Å². The Balaban J connectivity index is 1.65. The zero-order chi connectivity index (χ0) is 16.9. The molecule has 0 spiro atoms. The largest absolute Gasteiger partial charge is 0.497 e. The van der Waals surface area contributed by atoms with Gasteiger partial charge in [-0.25, -0.2) is 4.98 Å². The number of imidazole rings is 1. The van der Waals surface area contributed by atoms with Crippen molar-refractivity contribution >= 4 is 29.2 Å². The number of methoxy groups -OCH3 is 1. The lowest BCUT2D eigenvalue weighted by Crippen LogP contribution is -2.20. The molecule has 0 saturated carbocycles. The Labute approximate surface area is 144 Å². The van der Waals surface area contributed by atoms with Crippen molar-refractivity contribution in [2.75, 3.05) is 7.11 Å². The number of carbonyl (C=O) groups excluding carboxylic acids is 1. The van der Waals surface area contributed by atoms with E-state index >= 15 is 0 Å². The summed E-state index contributed by atoms with van der Waals surface area (Å²) in [6.07, 6.45) is 4.96. The number of ether oxygens (including phenoxy) is 1. The molecular formula is C18H16ClN3O2. The SMILES string of the molecule is COc1ccc(CNC(=O)/C=C/c2c(Cl)nc3ccccn23)cc1. The van der Waals surface area contributed by atoms with Crippen molar-refractivity contribution in [1.29, 1.82) is 0 Å². The van der Waals surface area contributed by atoms with E-state index < -0.39 is 0 Å². The number of amides is 1. The van der Waals surface area contributed by atoms with Crippen LogP contribution >= 0.6 is 11.6 Å². The Morgan fingerprint density at radius 2 is 2.08 bits per heavy atom. The fraction of sp³-hybridized carbons (Fsp3) is 0.111. The fourth-order valence-electron chi connectivity index (χ4n) is 2.28. The van der Waals surface area contributed by atoms with Crippen molar-refractivity contribution in [3.8, 4) is 5.75 Å². The van der Waals surface area contributed by atoms with Gasteiger partial charge in [0.05, 0.1) is 12.8 Å². The van der Waals surface area contributed by atoms with Crippen molar-refractivity contribution in [2.45, 2.75) is 6.54 Å². The highest BCUT2D eigenvalue weighted by molar-refractivity contribution is 6.31. The number of aromatic nitrogens is 2. The van der Waals surface area contributed by atoms with Gasteiger partial charge in [-0.2, -0.15) is 0 Å². The first-order chi connectivity index (χ1) is 11.7. The molecule has 0 saturated heterocycles. The number of benzene rings is 1. The van der Waals surface area contributed by atoms with Gasteiger partial charge in [-0.15, -0.1) is 0 Å². The molecule has 2 aromatic heterocycles. The minimum absolute atomic E-state index is 0.201. The number of fused-ring (bicyclic) bond motifs is 1. The van der Waals surface area contributed by atoms with E-state index in [1.165, 1.54) is 6.08 Å². The van der Waals surface area contributed by atoms with E-state index in [2.05, 4.69) is 10.3 Å². The average Bonchev–Trinajstić information content (AvgIpc) is 2.93. The van der Waals surface area contributed by atoms with E-state index in [0.29, 0.717) is 17.4 Å². The standard InChI is InChI=1S/C18H16ClN3O2/c1-24-14-7-5-13(6-8-14)12-20-17(23)10-9-15-18(19)21-16-4-2-3-11-22(15)16/h2-11H,12H2,1H3,(H,20,23)/b10-9+. The molecule has 0 bridgehead atoms. The van der Waals surface area contributed by atoms with E-state index in [1.807, 2.05) is 53.1 Å². The van der Waals surface area contributed by atoms with Crippen molar-refractivity contribution < 1.29 is 9.53 Å². The summed E-state index contributed by atoms with van der Waals surface area (Å²) in [6, 6.07) is 13.1. The smallest absolute Gasteiger partial charge is 0.244 e. The summed E-state index contributed by atoms with van der Waals surface area (Å²) < 4.78 is 6.93. The zero-order valence-corrected chi connectivity index (χ0v) is 13.8. The summed E-state index contributed by atoms with van der Waals surface area (Å²) in [5.41, 5.74) is 2.40. The van der Waals surface area contributed by atoms with Crippen LogP contribution in [0.2, 0.25) is 5.15 Å². The van der Waals surface area contributed by atoms with E-state index in [-0.39, 0.29) is 5.91 Å². The van der Waals surface area contributed by atoms with E-state index in [0.717, 1.165) is 17.0 Å². The molecule has 0 aliphatic heterocycles. The maximum absolute atomic E-state index is 12.0. The minimum atomic E-state index is -0.201. The molecule has 0 aliphatic carbocycles. The van der Waals surface area contributed by atoms with Gasteiger partial charge in [0.15, 0.2) is 5.15 Å². The lowest BCUT2D eigenvalue weighted by atomic mass is 10.2. The van der Waals surface area contributed by atoms with Gasteiger partial charge in [-0.1, -0.05) is 29.8 Å². The summed E-state index contributed by atoms with van der Waals surface area (Å²) in [5.74, 6) is 0.583. The van der Waals surface area contributed by atoms with Gasteiger partial charge in [-0.05, 0) is 35.9 Å². The van der Waals surface area contributed by atoms with Crippen LogP contribution in [0.1, 0.15) is 11.3 Å².